The van der Waals surface area contributed by atoms with Crippen LogP contribution in [0.25, 0.3) is 0 Å². The molecule has 1 atom stereocenters. The number of benzene rings is 1. The lowest BCUT2D eigenvalue weighted by atomic mass is 9.93. The number of anilines is 1. The third-order valence-corrected chi connectivity index (χ3v) is 7.14. The Morgan fingerprint density at radius 2 is 1.85 bits per heavy atom. The number of rotatable bonds is 5. The number of piperazine rings is 1. The molecule has 4 rings (SSSR count). The minimum atomic E-state index is -0.534. The van der Waals surface area contributed by atoms with E-state index in [0.717, 1.165) is 25.7 Å². The van der Waals surface area contributed by atoms with Crippen LogP contribution in [0, 0.1) is 11.3 Å². The molecule has 2 aliphatic rings. The fourth-order valence-electron chi connectivity index (χ4n) is 4.83. The zero-order valence-corrected chi connectivity index (χ0v) is 23.6. The van der Waals surface area contributed by atoms with Crippen LogP contribution >= 0.6 is 11.6 Å². The van der Waals surface area contributed by atoms with Crippen LogP contribution in [-0.2, 0) is 4.74 Å². The van der Waals surface area contributed by atoms with Gasteiger partial charge in [-0.1, -0.05) is 11.6 Å². The number of hydrogen-bond donors (Lipinski definition) is 1. The number of nitriles is 1. The summed E-state index contributed by atoms with van der Waals surface area (Å²) >= 11 is 6.10. The first-order valence-electron chi connectivity index (χ1n) is 13.3. The van der Waals surface area contributed by atoms with E-state index in [4.69, 9.17) is 26.3 Å². The average molecular weight is 555 g/mol. The van der Waals surface area contributed by atoms with E-state index in [1.165, 1.54) is 0 Å². The SMILES string of the molecule is C[C@@H]1CN(C(=O)OC(C)(C)C)CCN1c1ccc(C(=O)NC2CCC(Oc3ccc(C#N)c(Cl)c3)CC2)nn1. The minimum Gasteiger partial charge on any atom is -0.490 e. The number of carbonyl (C=O) groups is 2. The summed E-state index contributed by atoms with van der Waals surface area (Å²) in [6.45, 7) is 9.22. The van der Waals surface area contributed by atoms with Crippen molar-refractivity contribution >= 4 is 29.4 Å². The van der Waals surface area contributed by atoms with Crippen molar-refractivity contribution in [2.24, 2.45) is 0 Å². The molecule has 1 aromatic carbocycles. The molecule has 2 aromatic rings. The Labute approximate surface area is 234 Å². The largest absolute Gasteiger partial charge is 0.490 e. The van der Waals surface area contributed by atoms with Crippen molar-refractivity contribution in [3.63, 3.8) is 0 Å². The van der Waals surface area contributed by atoms with Gasteiger partial charge in [-0.3, -0.25) is 4.79 Å². The zero-order chi connectivity index (χ0) is 28.2. The van der Waals surface area contributed by atoms with Gasteiger partial charge in [0.25, 0.3) is 5.91 Å². The normalized spacial score (nSPS) is 21.6. The molecule has 0 radical (unpaired) electrons. The molecule has 1 aromatic heterocycles. The molecular weight excluding hydrogens is 520 g/mol. The second kappa shape index (κ2) is 12.1. The summed E-state index contributed by atoms with van der Waals surface area (Å²) in [5, 5.41) is 20.9. The van der Waals surface area contributed by atoms with Crippen LogP contribution < -0.4 is 15.0 Å². The van der Waals surface area contributed by atoms with Gasteiger partial charge in [0.15, 0.2) is 11.5 Å². The second-order valence-electron chi connectivity index (χ2n) is 11.1. The van der Waals surface area contributed by atoms with E-state index in [9.17, 15) is 9.59 Å². The number of hydrogen-bond acceptors (Lipinski definition) is 8. The number of nitrogens with one attached hydrogen (secondary N) is 1. The average Bonchev–Trinajstić information content (AvgIpc) is 2.89. The number of carbonyl (C=O) groups excluding carboxylic acids is 2. The van der Waals surface area contributed by atoms with Crippen molar-refractivity contribution in [2.75, 3.05) is 24.5 Å². The Kier molecular flexibility index (Phi) is 8.80. The van der Waals surface area contributed by atoms with Crippen molar-refractivity contribution in [3.05, 3.63) is 46.6 Å². The smallest absolute Gasteiger partial charge is 0.410 e. The Morgan fingerprint density at radius 3 is 2.44 bits per heavy atom. The first kappa shape index (κ1) is 28.4. The lowest BCUT2D eigenvalue weighted by Gasteiger charge is -2.40. The van der Waals surface area contributed by atoms with Crippen LogP contribution in [0.5, 0.6) is 5.75 Å². The number of halogens is 1. The number of nitrogens with zero attached hydrogens (tertiary/aromatic N) is 5. The van der Waals surface area contributed by atoms with Gasteiger partial charge in [0, 0.05) is 37.8 Å². The molecule has 1 saturated carbocycles. The van der Waals surface area contributed by atoms with Gasteiger partial charge in [0.2, 0.25) is 0 Å². The summed E-state index contributed by atoms with van der Waals surface area (Å²) in [5.41, 5.74) is 0.152. The number of ether oxygens (including phenoxy) is 2. The highest BCUT2D eigenvalue weighted by Crippen LogP contribution is 2.27. The number of amides is 2. The molecule has 11 heteroatoms. The molecule has 0 unspecified atom stereocenters. The summed E-state index contributed by atoms with van der Waals surface area (Å²) in [7, 11) is 0. The van der Waals surface area contributed by atoms with Crippen molar-refractivity contribution in [1.29, 1.82) is 5.26 Å². The maximum atomic E-state index is 12.8. The van der Waals surface area contributed by atoms with Gasteiger partial charge in [0.1, 0.15) is 17.4 Å². The first-order chi connectivity index (χ1) is 18.5. The molecular formula is C28H35ClN6O4. The predicted octanol–water partition coefficient (Wildman–Crippen LogP) is 4.57. The quantitative estimate of drug-likeness (QED) is 0.570. The molecule has 1 saturated heterocycles. The molecule has 2 heterocycles. The Hall–Kier alpha value is -3.58. The van der Waals surface area contributed by atoms with Crippen molar-refractivity contribution in [1.82, 2.24) is 20.4 Å². The van der Waals surface area contributed by atoms with Gasteiger partial charge in [-0.25, -0.2) is 4.79 Å². The predicted molar refractivity (Wildman–Crippen MR) is 147 cm³/mol. The number of aromatic nitrogens is 2. The lowest BCUT2D eigenvalue weighted by Crippen LogP contribution is -2.54. The van der Waals surface area contributed by atoms with E-state index in [-0.39, 0.29) is 35.9 Å². The summed E-state index contributed by atoms with van der Waals surface area (Å²) in [5.74, 6) is 1.06. The van der Waals surface area contributed by atoms with Gasteiger partial charge in [0.05, 0.1) is 16.7 Å². The van der Waals surface area contributed by atoms with E-state index < -0.39 is 5.60 Å². The fourth-order valence-corrected chi connectivity index (χ4v) is 5.04. The van der Waals surface area contributed by atoms with Gasteiger partial charge >= 0.3 is 6.09 Å². The molecule has 1 N–H and O–H groups in total. The second-order valence-corrected chi connectivity index (χ2v) is 11.5. The topological polar surface area (TPSA) is 121 Å². The zero-order valence-electron chi connectivity index (χ0n) is 22.8. The Bertz CT molecular complexity index is 1220. The summed E-state index contributed by atoms with van der Waals surface area (Å²) < 4.78 is 11.5. The monoisotopic (exact) mass is 554 g/mol. The van der Waals surface area contributed by atoms with E-state index in [1.54, 1.807) is 35.2 Å². The summed E-state index contributed by atoms with van der Waals surface area (Å²) in [4.78, 5) is 29.0. The Morgan fingerprint density at radius 1 is 1.10 bits per heavy atom. The fraction of sp³-hybridized carbons (Fsp3) is 0.536. The summed E-state index contributed by atoms with van der Waals surface area (Å²) in [6, 6.07) is 10.7. The van der Waals surface area contributed by atoms with Gasteiger partial charge in [-0.2, -0.15) is 5.26 Å². The van der Waals surface area contributed by atoms with Gasteiger partial charge in [-0.15, -0.1) is 10.2 Å². The van der Waals surface area contributed by atoms with E-state index in [2.05, 4.69) is 20.4 Å². The first-order valence-corrected chi connectivity index (χ1v) is 13.7. The van der Waals surface area contributed by atoms with Gasteiger partial charge in [-0.05, 0) is 77.6 Å². The molecule has 2 amide bonds. The van der Waals surface area contributed by atoms with Crippen LogP contribution in [0.3, 0.4) is 0 Å². The third-order valence-electron chi connectivity index (χ3n) is 6.83. The molecule has 0 spiro atoms. The molecule has 39 heavy (non-hydrogen) atoms. The highest BCUT2D eigenvalue weighted by atomic mass is 35.5. The van der Waals surface area contributed by atoms with Crippen molar-refractivity contribution < 1.29 is 19.1 Å². The van der Waals surface area contributed by atoms with Crippen molar-refractivity contribution in [2.45, 2.75) is 77.2 Å². The molecule has 1 aliphatic carbocycles. The van der Waals surface area contributed by atoms with Crippen molar-refractivity contribution in [3.8, 4) is 11.8 Å². The van der Waals surface area contributed by atoms with Gasteiger partial charge < -0.3 is 24.6 Å². The van der Waals surface area contributed by atoms with Crippen LogP contribution in [0.4, 0.5) is 10.6 Å². The molecule has 2 fully saturated rings. The molecule has 208 valence electrons. The Balaban J connectivity index is 1.24. The maximum absolute atomic E-state index is 12.8. The van der Waals surface area contributed by atoms with Crippen LogP contribution in [-0.4, -0.2) is 70.5 Å². The highest BCUT2D eigenvalue weighted by molar-refractivity contribution is 6.31. The highest BCUT2D eigenvalue weighted by Gasteiger charge is 2.31. The van der Waals surface area contributed by atoms with E-state index in [0.29, 0.717) is 41.8 Å². The molecule has 0 bridgehead atoms. The maximum Gasteiger partial charge on any atom is 0.410 e. The minimum absolute atomic E-state index is 0.0259. The van der Waals surface area contributed by atoms with E-state index in [1.807, 2.05) is 33.8 Å². The van der Waals surface area contributed by atoms with E-state index >= 15 is 0 Å². The lowest BCUT2D eigenvalue weighted by molar-refractivity contribution is 0.0218. The van der Waals surface area contributed by atoms with Crippen LogP contribution in [0.15, 0.2) is 30.3 Å². The molecule has 1 aliphatic heterocycles. The molecule has 10 nitrogen and oxygen atoms in total. The third kappa shape index (κ3) is 7.51. The van der Waals surface area contributed by atoms with Crippen LogP contribution in [0.2, 0.25) is 5.02 Å². The summed E-state index contributed by atoms with van der Waals surface area (Å²) in [6.07, 6.45) is 2.86. The standard InChI is InChI=1S/C28H35ClN6O4/c1-18-17-34(27(37)39-28(2,3)4)13-14-35(18)25-12-11-24(32-33-25)26(36)31-20-6-9-21(10-7-20)38-22-8-5-19(16-30)23(29)15-22/h5,8,11-12,15,18,20-21H,6-7,9-10,13-14,17H2,1-4H3,(H,31,36)/t18-,20?,21?/m1/s1. The van der Waals surface area contributed by atoms with Crippen LogP contribution in [0.1, 0.15) is 69.4 Å².